The first-order valence-corrected chi connectivity index (χ1v) is 4.15. The summed E-state index contributed by atoms with van der Waals surface area (Å²) in [6, 6.07) is 0. The Kier molecular flexibility index (Phi) is 5.97. The summed E-state index contributed by atoms with van der Waals surface area (Å²) in [7, 11) is 0. The molecule has 1 aromatic rings. The van der Waals surface area contributed by atoms with Crippen LogP contribution < -0.4 is 0 Å². The van der Waals surface area contributed by atoms with Crippen LogP contribution in [0.2, 0.25) is 0 Å². The summed E-state index contributed by atoms with van der Waals surface area (Å²) in [5, 5.41) is 0. The van der Waals surface area contributed by atoms with E-state index in [4.69, 9.17) is 12.2 Å². The van der Waals surface area contributed by atoms with Crippen molar-refractivity contribution in [2.45, 2.75) is 13.8 Å². The number of thiol groups is 1. The van der Waals surface area contributed by atoms with Gasteiger partial charge in [0.05, 0.1) is 10.4 Å². The molecule has 0 fully saturated rings. The summed E-state index contributed by atoms with van der Waals surface area (Å²) in [4.78, 5) is 7.71. The van der Waals surface area contributed by atoms with Gasteiger partial charge in [-0.2, -0.15) is 0 Å². The quantitative estimate of drug-likeness (QED) is 0.537. The average molecular weight is 186 g/mol. The molecule has 0 amide bonds. The Bertz CT molecular complexity index is 211. The summed E-state index contributed by atoms with van der Waals surface area (Å²) >= 11 is 8.64. The van der Waals surface area contributed by atoms with Crippen molar-refractivity contribution in [3.05, 3.63) is 24.3 Å². The van der Waals surface area contributed by atoms with E-state index < -0.39 is 0 Å². The minimum atomic E-state index is 0.475. The van der Waals surface area contributed by atoms with Crippen molar-refractivity contribution < 1.29 is 0 Å². The summed E-state index contributed by atoms with van der Waals surface area (Å²) < 4.78 is 0.475. The molecule has 0 bridgehead atoms. The molecule has 0 saturated carbocycles. The van der Waals surface area contributed by atoms with Crippen molar-refractivity contribution in [1.82, 2.24) is 9.97 Å². The van der Waals surface area contributed by atoms with Crippen LogP contribution >= 0.6 is 24.8 Å². The van der Waals surface area contributed by atoms with Crippen LogP contribution in [0.1, 0.15) is 19.5 Å². The van der Waals surface area contributed by atoms with Crippen molar-refractivity contribution in [1.29, 1.82) is 0 Å². The summed E-state index contributed by atoms with van der Waals surface area (Å²) in [6.07, 6.45) is 4.75. The van der Waals surface area contributed by atoms with Gasteiger partial charge in [0.25, 0.3) is 0 Å². The standard InChI is InChI=1S/C5H4N2S2.C2H6/c8-5(9)4-3-6-1-2-7-4;1-2/h1-3H,(H,8,9);1-2H3. The smallest absolute Gasteiger partial charge is 0.105 e. The van der Waals surface area contributed by atoms with Gasteiger partial charge >= 0.3 is 0 Å². The predicted octanol–water partition coefficient (Wildman–Crippen LogP) is 2.11. The molecular formula is C7H10N2S2. The molecule has 0 aliphatic carbocycles. The van der Waals surface area contributed by atoms with Crippen molar-refractivity contribution in [3.8, 4) is 0 Å². The molecule has 1 rings (SSSR count). The van der Waals surface area contributed by atoms with E-state index >= 15 is 0 Å². The fourth-order valence-electron chi connectivity index (χ4n) is 0.410. The van der Waals surface area contributed by atoms with Gasteiger partial charge in [0.15, 0.2) is 0 Å². The molecule has 0 saturated heterocycles. The Morgan fingerprint density at radius 2 is 2.09 bits per heavy atom. The maximum absolute atomic E-state index is 4.72. The van der Waals surface area contributed by atoms with Gasteiger partial charge in [-0.15, -0.1) is 12.6 Å². The second-order valence-corrected chi connectivity index (χ2v) is 2.55. The van der Waals surface area contributed by atoms with Crippen LogP contribution in [0.3, 0.4) is 0 Å². The lowest BCUT2D eigenvalue weighted by atomic mass is 10.5. The molecule has 2 nitrogen and oxygen atoms in total. The number of hydrogen-bond donors (Lipinski definition) is 1. The highest BCUT2D eigenvalue weighted by Crippen LogP contribution is 1.96. The van der Waals surface area contributed by atoms with Crippen molar-refractivity contribution in [2.24, 2.45) is 0 Å². The summed E-state index contributed by atoms with van der Waals surface area (Å²) in [5.41, 5.74) is 0.649. The Labute approximate surface area is 77.5 Å². The average Bonchev–Trinajstić information content (AvgIpc) is 2.10. The molecule has 0 aliphatic heterocycles. The number of thiocarbonyl (C=S) groups is 1. The molecule has 1 aromatic heterocycles. The molecular weight excluding hydrogens is 176 g/mol. The first kappa shape index (κ1) is 10.5. The fraction of sp³-hybridized carbons (Fsp3) is 0.286. The Morgan fingerprint density at radius 3 is 2.36 bits per heavy atom. The van der Waals surface area contributed by atoms with Crippen LogP contribution in [0.15, 0.2) is 18.6 Å². The highest BCUT2D eigenvalue weighted by atomic mass is 32.1. The van der Waals surface area contributed by atoms with Crippen molar-refractivity contribution in [3.63, 3.8) is 0 Å². The third-order valence-electron chi connectivity index (χ3n) is 0.782. The fourth-order valence-corrected chi connectivity index (χ4v) is 0.630. The molecule has 0 unspecified atom stereocenters. The van der Waals surface area contributed by atoms with Crippen LogP contribution in [0.5, 0.6) is 0 Å². The van der Waals surface area contributed by atoms with E-state index in [0.717, 1.165) is 0 Å². The van der Waals surface area contributed by atoms with E-state index in [0.29, 0.717) is 9.89 Å². The van der Waals surface area contributed by atoms with Gasteiger partial charge in [-0.25, -0.2) is 0 Å². The first-order chi connectivity index (χ1) is 5.30. The van der Waals surface area contributed by atoms with E-state index in [-0.39, 0.29) is 0 Å². The normalized spacial score (nSPS) is 7.91. The predicted molar refractivity (Wildman–Crippen MR) is 54.1 cm³/mol. The number of hydrogen-bond acceptors (Lipinski definition) is 3. The third-order valence-corrected chi connectivity index (χ3v) is 1.22. The topological polar surface area (TPSA) is 25.8 Å². The summed E-state index contributed by atoms with van der Waals surface area (Å²) in [6.45, 7) is 4.00. The molecule has 0 N–H and O–H groups in total. The van der Waals surface area contributed by atoms with E-state index in [1.165, 1.54) is 0 Å². The largest absolute Gasteiger partial charge is 0.261 e. The molecule has 0 radical (unpaired) electrons. The molecule has 60 valence electrons. The molecule has 1 heterocycles. The lowest BCUT2D eigenvalue weighted by Gasteiger charge is -1.89. The number of rotatable bonds is 1. The van der Waals surface area contributed by atoms with E-state index in [1.807, 2.05) is 13.8 Å². The zero-order valence-corrected chi connectivity index (χ0v) is 8.19. The molecule has 4 heteroatoms. The van der Waals surface area contributed by atoms with Crippen LogP contribution in [0.4, 0.5) is 0 Å². The summed E-state index contributed by atoms with van der Waals surface area (Å²) in [5.74, 6) is 0. The second-order valence-electron chi connectivity index (χ2n) is 1.40. The van der Waals surface area contributed by atoms with Gasteiger partial charge in [0.2, 0.25) is 0 Å². The number of nitrogens with zero attached hydrogens (tertiary/aromatic N) is 2. The van der Waals surface area contributed by atoms with Gasteiger partial charge in [-0.1, -0.05) is 26.1 Å². The highest BCUT2D eigenvalue weighted by Gasteiger charge is 1.92. The lowest BCUT2D eigenvalue weighted by molar-refractivity contribution is 1.19. The Morgan fingerprint density at radius 1 is 1.45 bits per heavy atom. The van der Waals surface area contributed by atoms with Gasteiger partial charge in [0, 0.05) is 12.4 Å². The van der Waals surface area contributed by atoms with E-state index in [1.54, 1.807) is 18.6 Å². The maximum atomic E-state index is 4.72. The number of aromatic nitrogens is 2. The molecule has 0 aliphatic rings. The monoisotopic (exact) mass is 186 g/mol. The van der Waals surface area contributed by atoms with Crippen LogP contribution in [0, 0.1) is 0 Å². The zero-order chi connectivity index (χ0) is 8.69. The lowest BCUT2D eigenvalue weighted by Crippen LogP contribution is -1.91. The minimum Gasteiger partial charge on any atom is -0.261 e. The molecule has 0 aromatic carbocycles. The van der Waals surface area contributed by atoms with Crippen LogP contribution in [-0.2, 0) is 0 Å². The van der Waals surface area contributed by atoms with E-state index in [9.17, 15) is 0 Å². The Balaban J connectivity index is 0.000000461. The van der Waals surface area contributed by atoms with Crippen LogP contribution in [0.25, 0.3) is 0 Å². The van der Waals surface area contributed by atoms with Gasteiger partial charge in [0.1, 0.15) is 5.69 Å². The molecule has 11 heavy (non-hydrogen) atoms. The van der Waals surface area contributed by atoms with Gasteiger partial charge in [-0.3, -0.25) is 9.97 Å². The highest BCUT2D eigenvalue weighted by molar-refractivity contribution is 8.11. The van der Waals surface area contributed by atoms with Crippen molar-refractivity contribution in [2.75, 3.05) is 0 Å². The molecule has 0 atom stereocenters. The van der Waals surface area contributed by atoms with E-state index in [2.05, 4.69) is 22.6 Å². The Hall–Kier alpha value is -0.480. The van der Waals surface area contributed by atoms with Crippen LogP contribution in [-0.4, -0.2) is 14.2 Å². The second kappa shape index (κ2) is 6.24. The maximum Gasteiger partial charge on any atom is 0.105 e. The van der Waals surface area contributed by atoms with Crippen molar-refractivity contribution >= 4 is 29.0 Å². The SMILES string of the molecule is CC.S=C(S)c1cnccn1. The minimum absolute atomic E-state index is 0.475. The molecule has 0 spiro atoms. The first-order valence-electron chi connectivity index (χ1n) is 3.30. The zero-order valence-electron chi connectivity index (χ0n) is 6.48. The van der Waals surface area contributed by atoms with Gasteiger partial charge in [-0.05, 0) is 0 Å². The third kappa shape index (κ3) is 4.06. The van der Waals surface area contributed by atoms with Gasteiger partial charge < -0.3 is 0 Å².